The number of carbonyl (C=O) groups excluding carboxylic acids is 5. The molecule has 53 heavy (non-hydrogen) atoms. The predicted molar refractivity (Wildman–Crippen MR) is 186 cm³/mol. The molecule has 1 fully saturated rings. The molecule has 0 aromatic heterocycles. The van der Waals surface area contributed by atoms with Crippen LogP contribution in [0, 0.1) is 0 Å². The van der Waals surface area contributed by atoms with Gasteiger partial charge in [0, 0.05) is 18.5 Å². The Bertz CT molecular complexity index is 1860. The zero-order valence-electron chi connectivity index (χ0n) is 28.7. The normalized spacial score (nSPS) is 15.0. The Labute approximate surface area is 302 Å². The van der Waals surface area contributed by atoms with E-state index in [2.05, 4.69) is 21.3 Å². The van der Waals surface area contributed by atoms with Gasteiger partial charge in [0.2, 0.25) is 23.6 Å². The number of aryl methyl sites for hydroxylation is 1. The summed E-state index contributed by atoms with van der Waals surface area (Å²) >= 11 is 0. The zero-order valence-corrected chi connectivity index (χ0v) is 28.7. The number of aliphatic carboxylic acids is 2. The molecule has 16 heteroatoms. The van der Waals surface area contributed by atoms with Gasteiger partial charge in [-0.3, -0.25) is 24.0 Å². The summed E-state index contributed by atoms with van der Waals surface area (Å²) in [6, 6.07) is 14.7. The van der Waals surface area contributed by atoms with Crippen LogP contribution in [0.25, 0.3) is 10.8 Å². The maximum Gasteiger partial charge on any atom is 0.394 e. The summed E-state index contributed by atoms with van der Waals surface area (Å²) in [4.78, 5) is 87.3. The summed E-state index contributed by atoms with van der Waals surface area (Å²) in [5.41, 5.74) is 4.17. The smallest absolute Gasteiger partial charge is 0.394 e. The zero-order chi connectivity index (χ0) is 38.8. The van der Waals surface area contributed by atoms with E-state index in [4.69, 9.17) is 10.8 Å². The van der Waals surface area contributed by atoms with Crippen molar-refractivity contribution < 1.29 is 52.6 Å². The molecule has 1 saturated carbocycles. The molecular weight excluding hydrogens is 696 g/mol. The SMILES string of the molecule is NC(=O)C[C@H](NC(=O)C1(NC(=O)[C@@H](Cc2ccc(C(F)(F)C(=O)O)cc2)NC(=O)C(=O)O)CCCCC1)C(=O)NCCCc1cccc2ccccc12. The number of amides is 5. The van der Waals surface area contributed by atoms with E-state index >= 15 is 0 Å². The number of rotatable bonds is 16. The average Bonchev–Trinajstić information content (AvgIpc) is 3.13. The van der Waals surface area contributed by atoms with Crippen LogP contribution >= 0.6 is 0 Å². The van der Waals surface area contributed by atoms with Crippen molar-refractivity contribution in [2.75, 3.05) is 6.54 Å². The highest BCUT2D eigenvalue weighted by Crippen LogP contribution is 2.30. The van der Waals surface area contributed by atoms with Gasteiger partial charge < -0.3 is 37.2 Å². The minimum Gasteiger partial charge on any atom is -0.477 e. The molecule has 0 bridgehead atoms. The molecule has 0 saturated heterocycles. The van der Waals surface area contributed by atoms with Crippen LogP contribution in [-0.4, -0.2) is 75.9 Å². The second-order valence-corrected chi connectivity index (χ2v) is 13.0. The average molecular weight is 738 g/mol. The van der Waals surface area contributed by atoms with E-state index in [9.17, 15) is 47.4 Å². The van der Waals surface area contributed by atoms with E-state index in [0.717, 1.165) is 40.6 Å². The predicted octanol–water partition coefficient (Wildman–Crippen LogP) is 2.06. The first-order valence-corrected chi connectivity index (χ1v) is 17.0. The summed E-state index contributed by atoms with van der Waals surface area (Å²) in [6.07, 6.45) is 2.07. The third-order valence-electron chi connectivity index (χ3n) is 9.17. The first-order valence-electron chi connectivity index (χ1n) is 17.0. The number of alkyl halides is 2. The Balaban J connectivity index is 1.47. The van der Waals surface area contributed by atoms with Crippen LogP contribution in [0.3, 0.4) is 0 Å². The standard InChI is InChI=1S/C37H41F2N5O9/c38-37(39,35(52)53)25-15-13-22(14-16-25)20-27(42-32(48)33(49)50)31(47)44-36(17-4-1-5-18-36)34(51)43-28(21-29(40)45)30(46)41-19-7-11-24-10-6-9-23-8-2-3-12-26(23)24/h2-3,6,8-10,12-16,27-28H,1,4-5,7,11,17-21H2,(H2,40,45)(H,41,46)(H,42,48)(H,43,51)(H,44,47)(H,49,50)(H,52,53)/t27-,28+/m1/s1. The van der Waals surface area contributed by atoms with Crippen LogP contribution in [0.4, 0.5) is 8.78 Å². The number of hydrogen-bond acceptors (Lipinski definition) is 7. The molecule has 0 radical (unpaired) electrons. The summed E-state index contributed by atoms with van der Waals surface area (Å²) in [5.74, 6) is -13.4. The molecule has 0 aliphatic heterocycles. The molecule has 8 N–H and O–H groups in total. The van der Waals surface area contributed by atoms with E-state index in [1.54, 1.807) is 0 Å². The number of benzene rings is 3. The fourth-order valence-corrected chi connectivity index (χ4v) is 6.36. The van der Waals surface area contributed by atoms with Crippen molar-refractivity contribution in [3.63, 3.8) is 0 Å². The highest BCUT2D eigenvalue weighted by Gasteiger charge is 2.44. The molecule has 3 aromatic rings. The minimum atomic E-state index is -4.20. The topological polar surface area (TPSA) is 234 Å². The highest BCUT2D eigenvalue weighted by molar-refractivity contribution is 6.32. The Hall–Kier alpha value is -5.93. The van der Waals surface area contributed by atoms with Gasteiger partial charge in [0.1, 0.15) is 17.6 Å². The number of primary amides is 1. The number of nitrogens with two attached hydrogens (primary N) is 1. The number of halogens is 2. The van der Waals surface area contributed by atoms with E-state index in [-0.39, 0.29) is 24.9 Å². The van der Waals surface area contributed by atoms with Gasteiger partial charge >= 0.3 is 23.8 Å². The fraction of sp³-hybridized carbons (Fsp3) is 0.378. The quantitative estimate of drug-likeness (QED) is 0.0841. The van der Waals surface area contributed by atoms with E-state index < -0.39 is 83.4 Å². The lowest BCUT2D eigenvalue weighted by atomic mass is 9.80. The number of hydrogen-bond donors (Lipinski definition) is 7. The second-order valence-electron chi connectivity index (χ2n) is 13.0. The minimum absolute atomic E-state index is 0.0963. The number of fused-ring (bicyclic) bond motifs is 1. The maximum absolute atomic E-state index is 14.0. The molecule has 3 aromatic carbocycles. The monoisotopic (exact) mass is 737 g/mol. The molecule has 14 nitrogen and oxygen atoms in total. The Morgan fingerprint density at radius 1 is 0.811 bits per heavy atom. The summed E-state index contributed by atoms with van der Waals surface area (Å²) in [6.45, 7) is 0.217. The van der Waals surface area contributed by atoms with E-state index in [1.165, 1.54) is 0 Å². The van der Waals surface area contributed by atoms with Crippen LogP contribution in [-0.2, 0) is 52.3 Å². The highest BCUT2D eigenvalue weighted by atomic mass is 19.3. The fourth-order valence-electron chi connectivity index (χ4n) is 6.36. The van der Waals surface area contributed by atoms with Crippen molar-refractivity contribution in [2.24, 2.45) is 5.73 Å². The molecule has 2 atom stereocenters. The third-order valence-corrected chi connectivity index (χ3v) is 9.17. The van der Waals surface area contributed by atoms with Crippen molar-refractivity contribution in [1.82, 2.24) is 21.3 Å². The lowest BCUT2D eigenvalue weighted by Crippen LogP contribution is -2.65. The summed E-state index contributed by atoms with van der Waals surface area (Å²) in [5, 5.41) is 30.2. The largest absolute Gasteiger partial charge is 0.477 e. The molecule has 0 unspecified atom stereocenters. The molecule has 1 aliphatic carbocycles. The second kappa shape index (κ2) is 17.5. The number of carboxylic acid groups (broad SMARTS) is 2. The van der Waals surface area contributed by atoms with E-state index in [0.29, 0.717) is 32.1 Å². The Morgan fingerprint density at radius 3 is 2.11 bits per heavy atom. The summed E-state index contributed by atoms with van der Waals surface area (Å²) < 4.78 is 27.9. The molecule has 282 valence electrons. The number of carbonyl (C=O) groups is 7. The molecule has 0 heterocycles. The molecule has 0 spiro atoms. The van der Waals surface area contributed by atoms with Gasteiger partial charge in [0.15, 0.2) is 0 Å². The van der Waals surface area contributed by atoms with Crippen molar-refractivity contribution in [3.05, 3.63) is 83.4 Å². The molecule has 1 aliphatic rings. The molecular formula is C37H41F2N5O9. The van der Waals surface area contributed by atoms with Crippen molar-refractivity contribution in [1.29, 1.82) is 0 Å². The molecule has 4 rings (SSSR count). The van der Waals surface area contributed by atoms with Crippen LogP contribution in [0.5, 0.6) is 0 Å². The van der Waals surface area contributed by atoms with Gasteiger partial charge in [-0.2, -0.15) is 8.78 Å². The van der Waals surface area contributed by atoms with Gasteiger partial charge in [-0.1, -0.05) is 86.0 Å². The Morgan fingerprint density at radius 2 is 1.47 bits per heavy atom. The van der Waals surface area contributed by atoms with Crippen molar-refractivity contribution >= 4 is 52.2 Å². The lowest BCUT2D eigenvalue weighted by molar-refractivity contribution is -0.166. The van der Waals surface area contributed by atoms with Gasteiger partial charge in [-0.25, -0.2) is 9.59 Å². The van der Waals surface area contributed by atoms with Gasteiger partial charge in [0.25, 0.3) is 0 Å². The third kappa shape index (κ3) is 10.3. The van der Waals surface area contributed by atoms with Gasteiger partial charge in [0.05, 0.1) is 6.42 Å². The first-order chi connectivity index (χ1) is 25.1. The number of nitrogens with one attached hydrogen (secondary N) is 4. The number of carboxylic acids is 2. The first kappa shape index (κ1) is 39.8. The molecule has 5 amide bonds. The summed E-state index contributed by atoms with van der Waals surface area (Å²) in [7, 11) is 0. The maximum atomic E-state index is 14.0. The van der Waals surface area contributed by atoms with Crippen molar-refractivity contribution in [3.8, 4) is 0 Å². The van der Waals surface area contributed by atoms with Gasteiger partial charge in [-0.05, 0) is 47.6 Å². The van der Waals surface area contributed by atoms with Crippen molar-refractivity contribution in [2.45, 2.75) is 81.3 Å². The van der Waals surface area contributed by atoms with Gasteiger partial charge in [-0.15, -0.1) is 0 Å². The van der Waals surface area contributed by atoms with Crippen LogP contribution in [0.2, 0.25) is 0 Å². The lowest BCUT2D eigenvalue weighted by Gasteiger charge is -2.38. The van der Waals surface area contributed by atoms with E-state index in [1.807, 2.05) is 42.5 Å². The van der Waals surface area contributed by atoms with Crippen LogP contribution < -0.4 is 27.0 Å². The van der Waals surface area contributed by atoms with Crippen LogP contribution in [0.15, 0.2) is 66.7 Å². The van der Waals surface area contributed by atoms with Crippen LogP contribution in [0.1, 0.15) is 61.6 Å². The Kier molecular flexibility index (Phi) is 13.2.